The summed E-state index contributed by atoms with van der Waals surface area (Å²) in [6, 6.07) is 0. The second-order valence-electron chi connectivity index (χ2n) is 4.94. The maximum absolute atomic E-state index is 5.95. The van der Waals surface area contributed by atoms with E-state index in [1.807, 2.05) is 24.3 Å². The van der Waals surface area contributed by atoms with E-state index in [4.69, 9.17) is 16.8 Å². The number of nitrogens with two attached hydrogens (primary N) is 2. The number of hydrogen-bond donors (Lipinski definition) is 2. The van der Waals surface area contributed by atoms with Crippen molar-refractivity contribution in [2.24, 2.45) is 11.5 Å². The predicted molar refractivity (Wildman–Crippen MR) is 85.0 cm³/mol. The summed E-state index contributed by atoms with van der Waals surface area (Å²) in [6.45, 7) is 16.1. The molecule has 0 saturated carbocycles. The third-order valence-corrected chi connectivity index (χ3v) is 3.33. The number of nitrogens with zero attached hydrogens (tertiary/aromatic N) is 1. The van der Waals surface area contributed by atoms with Crippen molar-refractivity contribution >= 4 is 0 Å². The Hall–Kier alpha value is -1.16. The standard InChI is InChI=1S/C16H28N3/c1-5-9-15(13-17,10-6-2)19-16(14-18,11-7-3)12-8-4/h5-8H,1-4,9-14,17-18H2. The minimum absolute atomic E-state index is 0.380. The Morgan fingerprint density at radius 3 is 1.11 bits per heavy atom. The molecular weight excluding hydrogens is 234 g/mol. The van der Waals surface area contributed by atoms with Crippen LogP contribution < -0.4 is 16.8 Å². The van der Waals surface area contributed by atoms with Gasteiger partial charge in [0.05, 0.1) is 11.1 Å². The van der Waals surface area contributed by atoms with Crippen molar-refractivity contribution in [1.29, 1.82) is 0 Å². The Morgan fingerprint density at radius 2 is 0.947 bits per heavy atom. The second kappa shape index (κ2) is 8.86. The maximum Gasteiger partial charge on any atom is 0.0554 e. The number of hydrogen-bond acceptors (Lipinski definition) is 2. The lowest BCUT2D eigenvalue weighted by atomic mass is 9.83. The van der Waals surface area contributed by atoms with Gasteiger partial charge in [0, 0.05) is 13.1 Å². The quantitative estimate of drug-likeness (QED) is 0.530. The molecule has 0 bridgehead atoms. The van der Waals surface area contributed by atoms with Crippen LogP contribution in [0.1, 0.15) is 25.7 Å². The van der Waals surface area contributed by atoms with Gasteiger partial charge in [0.25, 0.3) is 0 Å². The van der Waals surface area contributed by atoms with Crippen molar-refractivity contribution in [3.63, 3.8) is 0 Å². The molecule has 0 aromatic heterocycles. The zero-order valence-electron chi connectivity index (χ0n) is 12.0. The largest absolute Gasteiger partial charge is 0.329 e. The van der Waals surface area contributed by atoms with Gasteiger partial charge in [-0.2, -0.15) is 0 Å². The average Bonchev–Trinajstić information content (AvgIpc) is 2.39. The van der Waals surface area contributed by atoms with Crippen LogP contribution >= 0.6 is 0 Å². The van der Waals surface area contributed by atoms with Crippen molar-refractivity contribution < 1.29 is 0 Å². The molecule has 19 heavy (non-hydrogen) atoms. The van der Waals surface area contributed by atoms with Gasteiger partial charge in [-0.1, -0.05) is 24.3 Å². The van der Waals surface area contributed by atoms with E-state index in [1.54, 1.807) is 0 Å². The van der Waals surface area contributed by atoms with Crippen LogP contribution in [-0.4, -0.2) is 24.2 Å². The highest BCUT2D eigenvalue weighted by Crippen LogP contribution is 2.27. The third kappa shape index (κ3) is 5.15. The molecule has 0 atom stereocenters. The van der Waals surface area contributed by atoms with Crippen LogP contribution in [0.25, 0.3) is 0 Å². The summed E-state index contributed by atoms with van der Waals surface area (Å²) in [4.78, 5) is 0. The van der Waals surface area contributed by atoms with Gasteiger partial charge in [0.2, 0.25) is 0 Å². The van der Waals surface area contributed by atoms with Crippen molar-refractivity contribution in [3.8, 4) is 0 Å². The van der Waals surface area contributed by atoms with E-state index in [2.05, 4.69) is 26.3 Å². The first kappa shape index (κ1) is 17.8. The molecule has 1 radical (unpaired) electrons. The normalized spacial score (nSPS) is 11.9. The van der Waals surface area contributed by atoms with Gasteiger partial charge in [-0.15, -0.1) is 26.3 Å². The maximum atomic E-state index is 5.95. The van der Waals surface area contributed by atoms with Crippen LogP contribution in [0.5, 0.6) is 0 Å². The minimum Gasteiger partial charge on any atom is -0.329 e. The molecule has 107 valence electrons. The predicted octanol–water partition coefficient (Wildman–Crippen LogP) is 2.29. The topological polar surface area (TPSA) is 66.1 Å². The average molecular weight is 262 g/mol. The van der Waals surface area contributed by atoms with Crippen LogP contribution in [0, 0.1) is 0 Å². The monoisotopic (exact) mass is 262 g/mol. The molecule has 4 N–H and O–H groups in total. The Morgan fingerprint density at radius 1 is 0.684 bits per heavy atom. The summed E-state index contributed by atoms with van der Waals surface area (Å²) in [5, 5.41) is 5.00. The highest BCUT2D eigenvalue weighted by atomic mass is 15.1. The van der Waals surface area contributed by atoms with Crippen LogP contribution in [0.2, 0.25) is 0 Å². The lowest BCUT2D eigenvalue weighted by Gasteiger charge is -2.41. The molecule has 0 heterocycles. The van der Waals surface area contributed by atoms with Crippen LogP contribution in [-0.2, 0) is 0 Å². The minimum atomic E-state index is -0.380. The lowest BCUT2D eigenvalue weighted by molar-refractivity contribution is 0.204. The molecule has 0 aromatic carbocycles. The lowest BCUT2D eigenvalue weighted by Crippen LogP contribution is -2.58. The van der Waals surface area contributed by atoms with Gasteiger partial charge < -0.3 is 11.5 Å². The molecule has 0 aliphatic carbocycles. The second-order valence-corrected chi connectivity index (χ2v) is 4.94. The van der Waals surface area contributed by atoms with Gasteiger partial charge >= 0.3 is 0 Å². The molecule has 0 aromatic rings. The Labute approximate surface area is 118 Å². The summed E-state index contributed by atoms with van der Waals surface area (Å²) in [5.74, 6) is 0. The fraction of sp³-hybridized carbons (Fsp3) is 0.500. The molecule has 0 fully saturated rings. The third-order valence-electron chi connectivity index (χ3n) is 3.33. The van der Waals surface area contributed by atoms with Crippen molar-refractivity contribution in [2.45, 2.75) is 36.8 Å². The molecule has 0 spiro atoms. The van der Waals surface area contributed by atoms with Crippen LogP contribution in [0.15, 0.2) is 50.6 Å². The van der Waals surface area contributed by atoms with E-state index < -0.39 is 0 Å². The van der Waals surface area contributed by atoms with Gasteiger partial charge in [-0.05, 0) is 25.7 Å². The van der Waals surface area contributed by atoms with Gasteiger partial charge in [0.1, 0.15) is 0 Å². The van der Waals surface area contributed by atoms with Crippen LogP contribution in [0.3, 0.4) is 0 Å². The van der Waals surface area contributed by atoms with Gasteiger partial charge in [0.15, 0.2) is 0 Å². The van der Waals surface area contributed by atoms with Gasteiger partial charge in [-0.25, -0.2) is 5.32 Å². The summed E-state index contributed by atoms with van der Waals surface area (Å²) < 4.78 is 0. The Balaban J connectivity index is 5.29. The SMILES string of the molecule is C=CCC(CN)(CC=C)[N]C(CN)(CC=C)CC=C. The zero-order chi connectivity index (χ0) is 14.8. The van der Waals surface area contributed by atoms with Crippen LogP contribution in [0.4, 0.5) is 0 Å². The summed E-state index contributed by atoms with van der Waals surface area (Å²) >= 11 is 0. The summed E-state index contributed by atoms with van der Waals surface area (Å²) in [5.41, 5.74) is 11.1. The van der Waals surface area contributed by atoms with E-state index in [0.29, 0.717) is 38.8 Å². The molecule has 3 heteroatoms. The molecule has 0 amide bonds. The summed E-state index contributed by atoms with van der Waals surface area (Å²) in [6.07, 6.45) is 10.3. The zero-order valence-corrected chi connectivity index (χ0v) is 12.0. The molecule has 3 nitrogen and oxygen atoms in total. The van der Waals surface area contributed by atoms with Crippen molar-refractivity contribution in [3.05, 3.63) is 50.6 Å². The molecular formula is C16H28N3. The number of rotatable bonds is 12. The van der Waals surface area contributed by atoms with E-state index >= 15 is 0 Å². The van der Waals surface area contributed by atoms with E-state index in [1.165, 1.54) is 0 Å². The molecule has 0 saturated heterocycles. The molecule has 0 aliphatic heterocycles. The van der Waals surface area contributed by atoms with Crippen molar-refractivity contribution in [1.82, 2.24) is 5.32 Å². The van der Waals surface area contributed by atoms with Gasteiger partial charge in [-0.3, -0.25) is 0 Å². The van der Waals surface area contributed by atoms with Crippen molar-refractivity contribution in [2.75, 3.05) is 13.1 Å². The molecule has 0 aliphatic rings. The first-order valence-electron chi connectivity index (χ1n) is 6.65. The smallest absolute Gasteiger partial charge is 0.0554 e. The Kier molecular flexibility index (Phi) is 8.32. The highest BCUT2D eigenvalue weighted by Gasteiger charge is 2.37. The Bertz CT molecular complexity index is 257. The van der Waals surface area contributed by atoms with E-state index in [-0.39, 0.29) is 11.1 Å². The first-order chi connectivity index (χ1) is 9.07. The highest BCUT2D eigenvalue weighted by molar-refractivity contribution is 5.08. The first-order valence-corrected chi connectivity index (χ1v) is 6.65. The van der Waals surface area contributed by atoms with E-state index in [0.717, 1.165) is 0 Å². The molecule has 0 rings (SSSR count). The fourth-order valence-corrected chi connectivity index (χ4v) is 2.35. The van der Waals surface area contributed by atoms with E-state index in [9.17, 15) is 0 Å². The summed E-state index contributed by atoms with van der Waals surface area (Å²) in [7, 11) is 0. The molecule has 0 unspecified atom stereocenters. The fourth-order valence-electron chi connectivity index (χ4n) is 2.35.